The van der Waals surface area contributed by atoms with Crippen LogP contribution in [0.5, 0.6) is 0 Å². The molecule has 1 aliphatic heterocycles. The van der Waals surface area contributed by atoms with E-state index in [2.05, 4.69) is 30.8 Å². The molecule has 26 heavy (non-hydrogen) atoms. The number of tetrazole rings is 1. The van der Waals surface area contributed by atoms with E-state index in [0.717, 1.165) is 11.3 Å². The summed E-state index contributed by atoms with van der Waals surface area (Å²) in [6, 6.07) is 9.73. The molecule has 0 saturated carbocycles. The van der Waals surface area contributed by atoms with Crippen LogP contribution >= 0.6 is 0 Å². The van der Waals surface area contributed by atoms with Gasteiger partial charge in [-0.25, -0.2) is 0 Å². The minimum atomic E-state index is -0.190. The van der Waals surface area contributed by atoms with Gasteiger partial charge in [-0.1, -0.05) is 23.3 Å². The third kappa shape index (κ3) is 2.81. The number of para-hydroxylation sites is 1. The number of carbonyl (C=O) groups is 1. The van der Waals surface area contributed by atoms with E-state index >= 15 is 0 Å². The predicted molar refractivity (Wildman–Crippen MR) is 94.9 cm³/mol. The number of hydrogen-bond acceptors (Lipinski definition) is 6. The number of rotatable bonds is 4. The van der Waals surface area contributed by atoms with Gasteiger partial charge in [-0.05, 0) is 28.1 Å². The first-order chi connectivity index (χ1) is 12.7. The lowest BCUT2D eigenvalue weighted by molar-refractivity contribution is -0.124. The van der Waals surface area contributed by atoms with Crippen molar-refractivity contribution in [2.45, 2.75) is 5.92 Å². The number of nitrogens with one attached hydrogen (secondary N) is 1. The molecule has 0 unspecified atom stereocenters. The molecule has 0 bridgehead atoms. The molecule has 3 aromatic rings. The average Bonchev–Trinajstić information content (AvgIpc) is 3.40. The van der Waals surface area contributed by atoms with E-state index in [4.69, 9.17) is 0 Å². The number of aromatic nitrogens is 6. The normalized spacial score (nSPS) is 19.7. The molecule has 0 spiro atoms. The van der Waals surface area contributed by atoms with Gasteiger partial charge in [-0.3, -0.25) is 9.48 Å². The lowest BCUT2D eigenvalue weighted by Crippen LogP contribution is -2.32. The van der Waals surface area contributed by atoms with Gasteiger partial charge in [-0.2, -0.15) is 9.78 Å². The second-order valence-corrected chi connectivity index (χ2v) is 6.41. The lowest BCUT2D eigenvalue weighted by atomic mass is 9.90. The van der Waals surface area contributed by atoms with Crippen molar-refractivity contribution in [3.63, 3.8) is 0 Å². The van der Waals surface area contributed by atoms with Crippen molar-refractivity contribution < 1.29 is 4.79 Å². The molecule has 134 valence electrons. The van der Waals surface area contributed by atoms with E-state index in [1.165, 1.54) is 0 Å². The molecule has 3 heterocycles. The summed E-state index contributed by atoms with van der Waals surface area (Å²) >= 11 is 0. The number of amides is 1. The van der Waals surface area contributed by atoms with Crippen LogP contribution in [0.2, 0.25) is 0 Å². The minimum absolute atomic E-state index is 0.0140. The quantitative estimate of drug-likeness (QED) is 0.729. The van der Waals surface area contributed by atoms with Crippen molar-refractivity contribution in [1.82, 2.24) is 35.3 Å². The number of benzene rings is 1. The molecule has 1 aromatic carbocycles. The monoisotopic (exact) mass is 352 g/mol. The molecule has 1 saturated heterocycles. The Bertz CT molecular complexity index is 902. The van der Waals surface area contributed by atoms with Crippen molar-refractivity contribution >= 4 is 11.9 Å². The molecule has 0 radical (unpaired) electrons. The highest BCUT2D eigenvalue weighted by molar-refractivity contribution is 5.81. The maximum atomic E-state index is 12.5. The summed E-state index contributed by atoms with van der Waals surface area (Å²) in [5.74, 6) is 0.492. The van der Waals surface area contributed by atoms with Gasteiger partial charge in [0.05, 0.1) is 17.8 Å². The van der Waals surface area contributed by atoms with Gasteiger partial charge < -0.3 is 10.2 Å². The van der Waals surface area contributed by atoms with E-state index in [0.29, 0.717) is 19.0 Å². The van der Waals surface area contributed by atoms with E-state index in [9.17, 15) is 4.79 Å². The van der Waals surface area contributed by atoms with Crippen molar-refractivity contribution in [2.75, 3.05) is 25.0 Å². The Labute approximate surface area is 150 Å². The van der Waals surface area contributed by atoms with E-state index < -0.39 is 0 Å². The fourth-order valence-corrected chi connectivity index (χ4v) is 3.50. The van der Waals surface area contributed by atoms with Gasteiger partial charge in [-0.15, -0.1) is 0 Å². The highest BCUT2D eigenvalue weighted by Gasteiger charge is 2.40. The Morgan fingerprint density at radius 1 is 1.23 bits per heavy atom. The molecule has 1 aliphatic rings. The van der Waals surface area contributed by atoms with Crippen LogP contribution in [0.3, 0.4) is 0 Å². The zero-order valence-electron chi connectivity index (χ0n) is 14.6. The van der Waals surface area contributed by atoms with Crippen LogP contribution in [0.1, 0.15) is 11.5 Å². The number of nitrogens with zero attached hydrogens (tertiary/aromatic N) is 7. The number of carbonyl (C=O) groups excluding carboxylic acids is 1. The van der Waals surface area contributed by atoms with Crippen LogP contribution in [0, 0.1) is 5.92 Å². The first-order valence-electron chi connectivity index (χ1n) is 8.46. The summed E-state index contributed by atoms with van der Waals surface area (Å²) in [6.45, 7) is 1.20. The molecule has 2 aromatic heterocycles. The molecule has 9 nitrogen and oxygen atoms in total. The summed E-state index contributed by atoms with van der Waals surface area (Å²) in [7, 11) is 3.54. The highest BCUT2D eigenvalue weighted by atomic mass is 16.1. The largest absolute Gasteiger partial charge is 0.359 e. The zero-order chi connectivity index (χ0) is 18.1. The molecule has 1 N–H and O–H groups in total. The van der Waals surface area contributed by atoms with Gasteiger partial charge in [0.1, 0.15) is 0 Å². The summed E-state index contributed by atoms with van der Waals surface area (Å²) in [6.07, 6.45) is 3.79. The van der Waals surface area contributed by atoms with Crippen LogP contribution in [0.25, 0.3) is 5.69 Å². The number of anilines is 1. The first kappa shape index (κ1) is 16.2. The maximum Gasteiger partial charge on any atom is 0.250 e. The van der Waals surface area contributed by atoms with Gasteiger partial charge in [0.15, 0.2) is 0 Å². The molecular weight excluding hydrogens is 332 g/mol. The Hall–Kier alpha value is -3.23. The highest BCUT2D eigenvalue weighted by Crippen LogP contribution is 2.35. The van der Waals surface area contributed by atoms with Crippen molar-refractivity contribution in [1.29, 1.82) is 0 Å². The molecule has 4 rings (SSSR count). The smallest absolute Gasteiger partial charge is 0.250 e. The van der Waals surface area contributed by atoms with Crippen LogP contribution in [-0.2, 0) is 11.8 Å². The Morgan fingerprint density at radius 2 is 2.04 bits per heavy atom. The van der Waals surface area contributed by atoms with Crippen LogP contribution < -0.4 is 10.2 Å². The van der Waals surface area contributed by atoms with Crippen molar-refractivity contribution in [2.24, 2.45) is 13.0 Å². The standard InChI is InChI=1S/C17H20N8O/c1-18-16(26)15-11-24(10-14(15)12-8-19-23(2)9-12)17-20-21-22-25(17)13-6-4-3-5-7-13/h3-9,14-15H,10-11H2,1-2H3,(H,18,26)/t14-,15+/m1/s1. The van der Waals surface area contributed by atoms with Gasteiger partial charge >= 0.3 is 0 Å². The van der Waals surface area contributed by atoms with Crippen LogP contribution in [0.15, 0.2) is 42.7 Å². The lowest BCUT2D eigenvalue weighted by Gasteiger charge is -2.16. The Morgan fingerprint density at radius 3 is 2.73 bits per heavy atom. The first-order valence-corrected chi connectivity index (χ1v) is 8.46. The Balaban J connectivity index is 1.67. The van der Waals surface area contributed by atoms with Crippen LogP contribution in [-0.4, -0.2) is 56.0 Å². The molecule has 1 fully saturated rings. The fourth-order valence-electron chi connectivity index (χ4n) is 3.50. The van der Waals surface area contributed by atoms with E-state index in [-0.39, 0.29) is 17.7 Å². The second-order valence-electron chi connectivity index (χ2n) is 6.41. The summed E-state index contributed by atoms with van der Waals surface area (Å²) in [5, 5.41) is 19.2. The topological polar surface area (TPSA) is 93.8 Å². The SMILES string of the molecule is CNC(=O)[C@H]1CN(c2nnnn2-c2ccccc2)C[C@@H]1c1cnn(C)c1. The molecule has 9 heteroatoms. The number of hydrogen-bond donors (Lipinski definition) is 1. The third-order valence-corrected chi connectivity index (χ3v) is 4.79. The van der Waals surface area contributed by atoms with Crippen LogP contribution in [0.4, 0.5) is 5.95 Å². The van der Waals surface area contributed by atoms with Gasteiger partial charge in [0.25, 0.3) is 0 Å². The van der Waals surface area contributed by atoms with Crippen molar-refractivity contribution in [3.05, 3.63) is 48.3 Å². The van der Waals surface area contributed by atoms with Gasteiger partial charge in [0.2, 0.25) is 11.9 Å². The third-order valence-electron chi connectivity index (χ3n) is 4.79. The molecule has 0 aliphatic carbocycles. The summed E-state index contributed by atoms with van der Waals surface area (Å²) in [5.41, 5.74) is 1.93. The number of aryl methyl sites for hydroxylation is 1. The predicted octanol–water partition coefficient (Wildman–Crippen LogP) is 0.362. The fraction of sp³-hybridized carbons (Fsp3) is 0.353. The molecule has 2 atom stereocenters. The minimum Gasteiger partial charge on any atom is -0.359 e. The zero-order valence-corrected chi connectivity index (χ0v) is 14.6. The Kier molecular flexibility index (Phi) is 4.11. The molecule has 1 amide bonds. The summed E-state index contributed by atoms with van der Waals surface area (Å²) < 4.78 is 3.46. The molecular formula is C17H20N8O. The maximum absolute atomic E-state index is 12.5. The van der Waals surface area contributed by atoms with E-state index in [1.807, 2.05) is 49.8 Å². The van der Waals surface area contributed by atoms with E-state index in [1.54, 1.807) is 16.4 Å². The van der Waals surface area contributed by atoms with Gasteiger partial charge in [0, 0.05) is 39.3 Å². The average molecular weight is 352 g/mol. The summed E-state index contributed by atoms with van der Waals surface area (Å²) in [4.78, 5) is 14.5. The second kappa shape index (κ2) is 6.58. The van der Waals surface area contributed by atoms with Crippen molar-refractivity contribution in [3.8, 4) is 5.69 Å².